The van der Waals surface area contributed by atoms with Crippen LogP contribution in [0.25, 0.3) is 10.9 Å². The van der Waals surface area contributed by atoms with Crippen LogP contribution in [0.3, 0.4) is 0 Å². The van der Waals surface area contributed by atoms with E-state index in [4.69, 9.17) is 5.73 Å². The summed E-state index contributed by atoms with van der Waals surface area (Å²) < 4.78 is 0. The van der Waals surface area contributed by atoms with Crippen molar-refractivity contribution in [2.24, 2.45) is 17.1 Å². The number of fused-ring (bicyclic) bond motifs is 4. The third-order valence-corrected chi connectivity index (χ3v) is 7.41. The second-order valence-corrected chi connectivity index (χ2v) is 9.59. The van der Waals surface area contributed by atoms with Crippen molar-refractivity contribution >= 4 is 28.6 Å². The largest absolute Gasteiger partial charge is 0.369 e. The molecule has 170 valence electrons. The second kappa shape index (κ2) is 7.76. The standard InChI is InChI=1S/C26H28N4O3/c1-26(2,25(27)33)20(13-16-14-28-21-10-6-5-7-17(16)21)24(32)29-11-12-30-22(15-29)18-8-3-4-9-19(18)23(30)31/h3-10,14,20,22,28H,11-13,15H2,1-2H3,(H2,27,33)/t20-,22?/m0/s1. The number of piperazine rings is 1. The molecule has 1 saturated heterocycles. The van der Waals surface area contributed by atoms with Crippen LogP contribution in [0.1, 0.15) is 41.4 Å². The number of amides is 3. The van der Waals surface area contributed by atoms with Gasteiger partial charge in [0, 0.05) is 42.3 Å². The Kier molecular flexibility index (Phi) is 5.00. The van der Waals surface area contributed by atoms with Crippen LogP contribution in [0.2, 0.25) is 0 Å². The van der Waals surface area contributed by atoms with E-state index in [-0.39, 0.29) is 17.9 Å². The van der Waals surface area contributed by atoms with Crippen molar-refractivity contribution in [1.82, 2.24) is 14.8 Å². The predicted molar refractivity (Wildman–Crippen MR) is 125 cm³/mol. The zero-order chi connectivity index (χ0) is 23.3. The van der Waals surface area contributed by atoms with Crippen molar-refractivity contribution in [3.63, 3.8) is 0 Å². The predicted octanol–water partition coefficient (Wildman–Crippen LogP) is 2.88. The number of benzene rings is 2. The molecule has 2 aromatic carbocycles. The van der Waals surface area contributed by atoms with Crippen LogP contribution < -0.4 is 5.73 Å². The van der Waals surface area contributed by atoms with Crippen LogP contribution in [0.15, 0.2) is 54.7 Å². The van der Waals surface area contributed by atoms with Gasteiger partial charge in [-0.2, -0.15) is 0 Å². The molecule has 2 aliphatic rings. The third kappa shape index (κ3) is 3.39. The van der Waals surface area contributed by atoms with Gasteiger partial charge in [-0.1, -0.05) is 50.2 Å². The Morgan fingerprint density at radius 3 is 2.64 bits per heavy atom. The fourth-order valence-corrected chi connectivity index (χ4v) is 5.19. The van der Waals surface area contributed by atoms with Crippen LogP contribution in [0.5, 0.6) is 0 Å². The average molecular weight is 445 g/mol. The number of carbonyl (C=O) groups is 3. The number of hydrogen-bond donors (Lipinski definition) is 2. The van der Waals surface area contributed by atoms with Gasteiger partial charge in [-0.15, -0.1) is 0 Å². The van der Waals surface area contributed by atoms with E-state index in [2.05, 4.69) is 4.98 Å². The molecule has 0 spiro atoms. The highest BCUT2D eigenvalue weighted by Crippen LogP contribution is 2.38. The molecule has 2 aliphatic heterocycles. The molecule has 7 heteroatoms. The molecular formula is C26H28N4O3. The van der Waals surface area contributed by atoms with Crippen molar-refractivity contribution in [2.45, 2.75) is 26.3 Å². The molecule has 33 heavy (non-hydrogen) atoms. The van der Waals surface area contributed by atoms with Gasteiger partial charge in [-0.3, -0.25) is 14.4 Å². The summed E-state index contributed by atoms with van der Waals surface area (Å²) >= 11 is 0. The van der Waals surface area contributed by atoms with Crippen molar-refractivity contribution in [1.29, 1.82) is 0 Å². The van der Waals surface area contributed by atoms with Crippen LogP contribution in [0, 0.1) is 11.3 Å². The monoisotopic (exact) mass is 444 g/mol. The van der Waals surface area contributed by atoms with Gasteiger partial charge in [-0.05, 0) is 29.7 Å². The van der Waals surface area contributed by atoms with Gasteiger partial charge in [0.05, 0.1) is 17.4 Å². The first-order valence-electron chi connectivity index (χ1n) is 11.3. The van der Waals surface area contributed by atoms with Crippen LogP contribution in [-0.4, -0.2) is 52.1 Å². The number of hydrogen-bond acceptors (Lipinski definition) is 3. The molecular weight excluding hydrogens is 416 g/mol. The zero-order valence-electron chi connectivity index (χ0n) is 18.9. The van der Waals surface area contributed by atoms with Gasteiger partial charge >= 0.3 is 0 Å². The Bertz CT molecular complexity index is 1260. The highest BCUT2D eigenvalue weighted by molar-refractivity contribution is 5.99. The molecule has 3 aromatic rings. The normalized spacial score (nSPS) is 18.8. The Balaban J connectivity index is 1.45. The van der Waals surface area contributed by atoms with Crippen molar-refractivity contribution < 1.29 is 14.4 Å². The minimum atomic E-state index is -1.03. The molecule has 2 atom stereocenters. The number of aromatic nitrogens is 1. The molecule has 7 nitrogen and oxygen atoms in total. The molecule has 3 amide bonds. The van der Waals surface area contributed by atoms with Gasteiger partial charge in [0.15, 0.2) is 0 Å². The summed E-state index contributed by atoms with van der Waals surface area (Å²) in [7, 11) is 0. The van der Waals surface area contributed by atoms with E-state index in [9.17, 15) is 14.4 Å². The highest BCUT2D eigenvalue weighted by Gasteiger charge is 2.46. The zero-order valence-corrected chi connectivity index (χ0v) is 18.9. The van der Waals surface area contributed by atoms with Gasteiger partial charge in [-0.25, -0.2) is 0 Å². The summed E-state index contributed by atoms with van der Waals surface area (Å²) in [5.74, 6) is -1.19. The smallest absolute Gasteiger partial charge is 0.254 e. The SMILES string of the molecule is CC(C)(C(N)=O)[C@@H](Cc1c[nH]c2ccccc12)C(=O)N1CCN2C(=O)c3ccccc3C2C1. The molecule has 0 aliphatic carbocycles. The number of aromatic amines is 1. The van der Waals surface area contributed by atoms with E-state index in [0.29, 0.717) is 31.6 Å². The number of primary amides is 1. The molecule has 0 saturated carbocycles. The molecule has 0 radical (unpaired) electrons. The molecule has 0 bridgehead atoms. The number of nitrogens with zero attached hydrogens (tertiary/aromatic N) is 2. The Morgan fingerprint density at radius 2 is 1.85 bits per heavy atom. The Morgan fingerprint density at radius 1 is 1.12 bits per heavy atom. The minimum Gasteiger partial charge on any atom is -0.369 e. The third-order valence-electron chi connectivity index (χ3n) is 7.41. The van der Waals surface area contributed by atoms with E-state index < -0.39 is 17.2 Å². The van der Waals surface area contributed by atoms with Gasteiger partial charge in [0.1, 0.15) is 0 Å². The second-order valence-electron chi connectivity index (χ2n) is 9.59. The van der Waals surface area contributed by atoms with E-state index in [1.54, 1.807) is 18.7 Å². The summed E-state index contributed by atoms with van der Waals surface area (Å²) in [5, 5.41) is 1.04. The number of nitrogens with two attached hydrogens (primary N) is 1. The lowest BCUT2D eigenvalue weighted by molar-refractivity contribution is -0.147. The molecule has 1 aromatic heterocycles. The number of rotatable bonds is 5. The lowest BCUT2D eigenvalue weighted by atomic mass is 9.74. The average Bonchev–Trinajstić information content (AvgIpc) is 3.36. The van der Waals surface area contributed by atoms with Crippen molar-refractivity contribution in [3.05, 3.63) is 71.4 Å². The van der Waals surface area contributed by atoms with E-state index in [1.165, 1.54) is 0 Å². The summed E-state index contributed by atoms with van der Waals surface area (Å²) in [6.07, 6.45) is 2.31. The Labute approximate surface area is 192 Å². The van der Waals surface area contributed by atoms with E-state index in [1.807, 2.05) is 59.6 Å². The number of para-hydroxylation sites is 1. The first-order chi connectivity index (χ1) is 15.8. The highest BCUT2D eigenvalue weighted by atomic mass is 16.2. The summed E-state index contributed by atoms with van der Waals surface area (Å²) in [6.45, 7) is 4.82. The van der Waals surface area contributed by atoms with Crippen LogP contribution >= 0.6 is 0 Å². The Hall–Kier alpha value is -3.61. The molecule has 5 rings (SSSR count). The van der Waals surface area contributed by atoms with Crippen molar-refractivity contribution in [3.8, 4) is 0 Å². The number of H-pyrrole nitrogens is 1. The fourth-order valence-electron chi connectivity index (χ4n) is 5.19. The molecule has 1 unspecified atom stereocenters. The lowest BCUT2D eigenvalue weighted by Crippen LogP contribution is -2.54. The maximum atomic E-state index is 13.9. The first-order valence-corrected chi connectivity index (χ1v) is 11.3. The molecule has 3 heterocycles. The first kappa shape index (κ1) is 21.2. The maximum absolute atomic E-state index is 13.9. The van der Waals surface area contributed by atoms with Crippen LogP contribution in [-0.2, 0) is 16.0 Å². The molecule has 3 N–H and O–H groups in total. The van der Waals surface area contributed by atoms with Crippen molar-refractivity contribution in [2.75, 3.05) is 19.6 Å². The minimum absolute atomic E-state index is 0.0236. The van der Waals surface area contributed by atoms with Gasteiger partial charge in [0.25, 0.3) is 5.91 Å². The number of carbonyl (C=O) groups excluding carboxylic acids is 3. The van der Waals surface area contributed by atoms with Gasteiger partial charge in [0.2, 0.25) is 11.8 Å². The van der Waals surface area contributed by atoms with Crippen LogP contribution in [0.4, 0.5) is 0 Å². The summed E-state index contributed by atoms with van der Waals surface area (Å²) in [5.41, 5.74) is 8.39. The lowest BCUT2D eigenvalue weighted by Gasteiger charge is -2.41. The molecule has 1 fully saturated rings. The quantitative estimate of drug-likeness (QED) is 0.633. The van der Waals surface area contributed by atoms with Gasteiger partial charge < -0.3 is 20.5 Å². The van der Waals surface area contributed by atoms with E-state index >= 15 is 0 Å². The fraction of sp³-hybridized carbons (Fsp3) is 0.346. The maximum Gasteiger partial charge on any atom is 0.254 e. The summed E-state index contributed by atoms with van der Waals surface area (Å²) in [6, 6.07) is 15.4. The number of nitrogens with one attached hydrogen (secondary N) is 1. The topological polar surface area (TPSA) is 99.5 Å². The summed E-state index contributed by atoms with van der Waals surface area (Å²) in [4.78, 5) is 46.0. The van der Waals surface area contributed by atoms with E-state index in [0.717, 1.165) is 22.0 Å².